The van der Waals surface area contributed by atoms with E-state index in [2.05, 4.69) is 10.2 Å². The summed E-state index contributed by atoms with van der Waals surface area (Å²) in [7, 11) is 1.33. The molecule has 0 amide bonds. The van der Waals surface area contributed by atoms with Gasteiger partial charge in [-0.1, -0.05) is 41.6 Å². The molecule has 0 N–H and O–H groups in total. The highest BCUT2D eigenvalue weighted by Gasteiger charge is 2.21. The summed E-state index contributed by atoms with van der Waals surface area (Å²) in [5.74, 6) is 0.783. The monoisotopic (exact) mass is 460 g/mol. The van der Waals surface area contributed by atoms with E-state index in [4.69, 9.17) is 9.15 Å². The molecule has 0 aliphatic carbocycles. The molecule has 0 aliphatic rings. The fraction of sp³-hybridized carbons (Fsp3) is 0.167. The van der Waals surface area contributed by atoms with Gasteiger partial charge in [0.05, 0.1) is 35.7 Å². The van der Waals surface area contributed by atoms with Crippen molar-refractivity contribution >= 4 is 34.4 Å². The van der Waals surface area contributed by atoms with Crippen LogP contribution in [0.1, 0.15) is 27.2 Å². The number of methoxy groups -OCH3 is 1. The van der Waals surface area contributed by atoms with E-state index >= 15 is 0 Å². The minimum Gasteiger partial charge on any atom is -0.468 e. The van der Waals surface area contributed by atoms with Crippen molar-refractivity contribution in [3.8, 4) is 5.69 Å². The molecule has 3 heterocycles. The first kappa shape index (κ1) is 21.0. The van der Waals surface area contributed by atoms with Gasteiger partial charge in [-0.05, 0) is 43.7 Å². The summed E-state index contributed by atoms with van der Waals surface area (Å²) in [5.41, 5.74) is 3.75. The number of para-hydroxylation sites is 1. The number of fused-ring (bicyclic) bond motifs is 3. The number of aromatic nitrogens is 4. The molecule has 2 aromatic carbocycles. The van der Waals surface area contributed by atoms with Crippen LogP contribution in [-0.2, 0) is 10.5 Å². The molecule has 0 saturated carbocycles. The van der Waals surface area contributed by atoms with E-state index in [1.165, 1.54) is 25.1 Å². The van der Waals surface area contributed by atoms with E-state index in [0.29, 0.717) is 38.9 Å². The molecule has 0 radical (unpaired) electrons. The van der Waals surface area contributed by atoms with Gasteiger partial charge in [0.1, 0.15) is 11.3 Å². The normalized spacial score (nSPS) is 11.4. The van der Waals surface area contributed by atoms with Crippen LogP contribution in [0.25, 0.3) is 22.4 Å². The van der Waals surface area contributed by atoms with Crippen molar-refractivity contribution in [2.24, 2.45) is 0 Å². The number of thioether (sulfide) groups is 1. The standard InChI is InChI=1S/C24H20N4O4S/c1-14-8-9-18(15(2)12-14)27-21(29)16-6-4-5-7-19(16)28-23(27)25-26-24(28)33-13-20-17(10-11-32-20)22(30)31-3/h4-12H,13H2,1-3H3. The topological polar surface area (TPSA) is 91.6 Å². The second-order valence-electron chi connectivity index (χ2n) is 7.60. The molecular weight excluding hydrogens is 440 g/mol. The predicted molar refractivity (Wildman–Crippen MR) is 125 cm³/mol. The number of aryl methyl sites for hydroxylation is 2. The average Bonchev–Trinajstić information content (AvgIpc) is 3.45. The Morgan fingerprint density at radius 2 is 1.94 bits per heavy atom. The zero-order valence-electron chi connectivity index (χ0n) is 18.2. The van der Waals surface area contributed by atoms with Crippen molar-refractivity contribution < 1.29 is 13.9 Å². The van der Waals surface area contributed by atoms with Gasteiger partial charge in [-0.25, -0.2) is 9.36 Å². The number of ether oxygens (including phenoxy) is 1. The number of esters is 1. The average molecular weight is 461 g/mol. The van der Waals surface area contributed by atoms with Crippen LogP contribution in [0.2, 0.25) is 0 Å². The lowest BCUT2D eigenvalue weighted by Crippen LogP contribution is -2.22. The summed E-state index contributed by atoms with van der Waals surface area (Å²) in [6.45, 7) is 3.98. The number of carbonyl (C=O) groups excluding carboxylic acids is 1. The molecule has 0 bridgehead atoms. The quantitative estimate of drug-likeness (QED) is 0.285. The molecule has 8 nitrogen and oxygen atoms in total. The zero-order chi connectivity index (χ0) is 23.1. The van der Waals surface area contributed by atoms with Gasteiger partial charge in [-0.15, -0.1) is 10.2 Å². The Morgan fingerprint density at radius 1 is 1.12 bits per heavy atom. The third-order valence-corrected chi connectivity index (χ3v) is 6.40. The van der Waals surface area contributed by atoms with Gasteiger partial charge in [0.25, 0.3) is 5.56 Å². The molecule has 3 aromatic heterocycles. The minimum atomic E-state index is -0.459. The van der Waals surface area contributed by atoms with Gasteiger partial charge in [-0.2, -0.15) is 0 Å². The first-order valence-electron chi connectivity index (χ1n) is 10.2. The summed E-state index contributed by atoms with van der Waals surface area (Å²) in [6, 6.07) is 14.9. The molecule has 5 aromatic rings. The van der Waals surface area contributed by atoms with E-state index in [1.54, 1.807) is 16.7 Å². The summed E-state index contributed by atoms with van der Waals surface area (Å²) in [6.07, 6.45) is 1.46. The van der Waals surface area contributed by atoms with E-state index < -0.39 is 5.97 Å². The number of benzene rings is 2. The maximum atomic E-state index is 13.5. The highest BCUT2D eigenvalue weighted by Crippen LogP contribution is 2.28. The smallest absolute Gasteiger partial charge is 0.341 e. The Hall–Kier alpha value is -3.85. The summed E-state index contributed by atoms with van der Waals surface area (Å²) >= 11 is 1.36. The van der Waals surface area contributed by atoms with E-state index in [0.717, 1.165) is 16.8 Å². The van der Waals surface area contributed by atoms with Gasteiger partial charge < -0.3 is 9.15 Å². The Kier molecular flexibility index (Phi) is 5.26. The summed E-state index contributed by atoms with van der Waals surface area (Å²) in [5, 5.41) is 9.88. The molecule has 0 fully saturated rings. The van der Waals surface area contributed by atoms with Gasteiger partial charge in [0.15, 0.2) is 5.16 Å². The molecule has 0 saturated heterocycles. The maximum Gasteiger partial charge on any atom is 0.341 e. The number of hydrogen-bond acceptors (Lipinski definition) is 7. The van der Waals surface area contributed by atoms with E-state index in [1.807, 2.05) is 54.6 Å². The van der Waals surface area contributed by atoms with Crippen LogP contribution in [0.3, 0.4) is 0 Å². The molecule has 0 spiro atoms. The highest BCUT2D eigenvalue weighted by atomic mass is 32.2. The maximum absolute atomic E-state index is 13.5. The largest absolute Gasteiger partial charge is 0.468 e. The van der Waals surface area contributed by atoms with Crippen molar-refractivity contribution in [1.82, 2.24) is 19.2 Å². The molecular formula is C24H20N4O4S. The molecule has 166 valence electrons. The highest BCUT2D eigenvalue weighted by molar-refractivity contribution is 7.98. The number of nitrogens with zero attached hydrogens (tertiary/aromatic N) is 4. The van der Waals surface area contributed by atoms with Gasteiger partial charge >= 0.3 is 5.97 Å². The predicted octanol–water partition coefficient (Wildman–Crippen LogP) is 4.32. The second kappa shape index (κ2) is 8.25. The van der Waals surface area contributed by atoms with E-state index in [-0.39, 0.29) is 5.56 Å². The van der Waals surface area contributed by atoms with Gasteiger partial charge in [0.2, 0.25) is 5.78 Å². The molecule has 9 heteroatoms. The molecule has 0 aliphatic heterocycles. The van der Waals surface area contributed by atoms with Crippen LogP contribution < -0.4 is 5.56 Å². The van der Waals surface area contributed by atoms with Crippen molar-refractivity contribution in [2.75, 3.05) is 7.11 Å². The third-order valence-electron chi connectivity index (χ3n) is 5.47. The summed E-state index contributed by atoms with van der Waals surface area (Å²) in [4.78, 5) is 25.5. The number of furan rings is 1. The molecule has 5 rings (SSSR count). The zero-order valence-corrected chi connectivity index (χ0v) is 19.0. The van der Waals surface area contributed by atoms with Gasteiger partial charge in [-0.3, -0.25) is 9.20 Å². The second-order valence-corrected chi connectivity index (χ2v) is 8.55. The van der Waals surface area contributed by atoms with Crippen LogP contribution in [0, 0.1) is 13.8 Å². The van der Waals surface area contributed by atoms with Crippen LogP contribution in [0.5, 0.6) is 0 Å². The fourth-order valence-electron chi connectivity index (χ4n) is 3.92. The number of rotatable bonds is 5. The van der Waals surface area contributed by atoms with Crippen molar-refractivity contribution in [2.45, 2.75) is 24.8 Å². The first-order valence-corrected chi connectivity index (χ1v) is 11.2. The van der Waals surface area contributed by atoms with Crippen LogP contribution in [-0.4, -0.2) is 32.2 Å². The third kappa shape index (κ3) is 3.50. The Morgan fingerprint density at radius 3 is 2.73 bits per heavy atom. The van der Waals surface area contributed by atoms with Crippen LogP contribution in [0.15, 0.2) is 69.2 Å². The number of carbonyl (C=O) groups is 1. The van der Waals surface area contributed by atoms with Crippen molar-refractivity contribution in [1.29, 1.82) is 0 Å². The Labute approximate surface area is 192 Å². The molecule has 0 atom stereocenters. The van der Waals surface area contributed by atoms with Gasteiger partial charge in [0, 0.05) is 0 Å². The minimum absolute atomic E-state index is 0.159. The Balaban J connectivity index is 1.69. The summed E-state index contributed by atoms with van der Waals surface area (Å²) < 4.78 is 13.8. The number of hydrogen-bond donors (Lipinski definition) is 0. The van der Waals surface area contributed by atoms with Crippen LogP contribution >= 0.6 is 11.8 Å². The van der Waals surface area contributed by atoms with E-state index in [9.17, 15) is 9.59 Å². The Bertz CT molecular complexity index is 1580. The fourth-order valence-corrected chi connectivity index (χ4v) is 4.81. The van der Waals surface area contributed by atoms with Crippen molar-refractivity contribution in [3.63, 3.8) is 0 Å². The first-order chi connectivity index (χ1) is 16.0. The molecule has 33 heavy (non-hydrogen) atoms. The molecule has 0 unspecified atom stereocenters. The SMILES string of the molecule is COC(=O)c1ccoc1CSc1nnc2n(-c3ccc(C)cc3C)c(=O)c3ccccc3n12. The van der Waals surface area contributed by atoms with Crippen molar-refractivity contribution in [3.05, 3.63) is 87.6 Å². The lowest BCUT2D eigenvalue weighted by molar-refractivity contribution is 0.0598. The van der Waals surface area contributed by atoms with Crippen LogP contribution in [0.4, 0.5) is 0 Å². The lowest BCUT2D eigenvalue weighted by Gasteiger charge is -2.13. The lowest BCUT2D eigenvalue weighted by atomic mass is 10.1.